The molecule has 0 aromatic heterocycles. The Hall–Kier alpha value is -1.12. The lowest BCUT2D eigenvalue weighted by Crippen LogP contribution is -2.14. The molecule has 0 heterocycles. The van der Waals surface area contributed by atoms with Crippen molar-refractivity contribution in [2.75, 3.05) is 6.61 Å². The van der Waals surface area contributed by atoms with Crippen LogP contribution in [0.1, 0.15) is 30.4 Å². The molecule has 0 atom stereocenters. The Labute approximate surface area is 96.2 Å². The van der Waals surface area contributed by atoms with Crippen molar-refractivity contribution in [3.05, 3.63) is 41.5 Å². The molecule has 0 saturated heterocycles. The van der Waals surface area contributed by atoms with E-state index in [4.69, 9.17) is 5.11 Å². The molecule has 0 amide bonds. The van der Waals surface area contributed by atoms with Gasteiger partial charge in [-0.15, -0.1) is 0 Å². The van der Waals surface area contributed by atoms with Crippen LogP contribution in [0.4, 0.5) is 0 Å². The normalized spacial score (nSPS) is 17.2. The Kier molecular flexibility index (Phi) is 3.75. The number of benzene rings is 1. The molecule has 86 valence electrons. The molecule has 0 bridgehead atoms. The van der Waals surface area contributed by atoms with Gasteiger partial charge >= 0.3 is 0 Å². The number of rotatable bonds is 4. The molecular formula is C14H18O2. The lowest BCUT2D eigenvalue weighted by atomic mass is 9.76. The molecule has 0 spiro atoms. The van der Waals surface area contributed by atoms with Crippen LogP contribution in [0.25, 0.3) is 5.57 Å². The molecule has 16 heavy (non-hydrogen) atoms. The summed E-state index contributed by atoms with van der Waals surface area (Å²) in [5.41, 5.74) is 3.26. The predicted octanol–water partition coefficient (Wildman–Crippen LogP) is 2.35. The summed E-state index contributed by atoms with van der Waals surface area (Å²) in [6.07, 6.45) is 5.56. The zero-order chi connectivity index (χ0) is 11.4. The first kappa shape index (κ1) is 11.4. The molecular weight excluding hydrogens is 200 g/mol. The maximum absolute atomic E-state index is 9.32. The van der Waals surface area contributed by atoms with Crippen LogP contribution in [-0.2, 0) is 6.61 Å². The van der Waals surface area contributed by atoms with E-state index in [0.29, 0.717) is 5.92 Å². The van der Waals surface area contributed by atoms with Crippen molar-refractivity contribution in [3.8, 4) is 0 Å². The number of aliphatic hydroxyl groups is 2. The van der Waals surface area contributed by atoms with Crippen molar-refractivity contribution in [2.45, 2.75) is 25.9 Å². The van der Waals surface area contributed by atoms with Gasteiger partial charge < -0.3 is 10.2 Å². The van der Waals surface area contributed by atoms with E-state index in [0.717, 1.165) is 11.1 Å². The summed E-state index contributed by atoms with van der Waals surface area (Å²) in [5, 5.41) is 18.4. The largest absolute Gasteiger partial charge is 0.392 e. The van der Waals surface area contributed by atoms with E-state index in [2.05, 4.69) is 0 Å². The average molecular weight is 218 g/mol. The highest BCUT2D eigenvalue weighted by Gasteiger charge is 2.23. The summed E-state index contributed by atoms with van der Waals surface area (Å²) in [5.74, 6) is 0.569. The van der Waals surface area contributed by atoms with Crippen molar-refractivity contribution in [3.63, 3.8) is 0 Å². The van der Waals surface area contributed by atoms with E-state index in [9.17, 15) is 5.11 Å². The van der Waals surface area contributed by atoms with Gasteiger partial charge in [-0.2, -0.15) is 0 Å². The van der Waals surface area contributed by atoms with Crippen molar-refractivity contribution in [2.24, 2.45) is 5.92 Å². The van der Waals surface area contributed by atoms with Crippen LogP contribution in [-0.4, -0.2) is 16.8 Å². The van der Waals surface area contributed by atoms with Crippen LogP contribution in [0.15, 0.2) is 30.3 Å². The molecule has 0 unspecified atom stereocenters. The van der Waals surface area contributed by atoms with E-state index >= 15 is 0 Å². The lowest BCUT2D eigenvalue weighted by Gasteiger charge is -2.29. The van der Waals surface area contributed by atoms with Gasteiger partial charge in [0.1, 0.15) is 0 Å². The quantitative estimate of drug-likeness (QED) is 0.814. The maximum Gasteiger partial charge on any atom is 0.0687 e. The number of hydrogen-bond acceptors (Lipinski definition) is 2. The first-order chi connectivity index (χ1) is 7.86. The van der Waals surface area contributed by atoms with E-state index in [1.165, 1.54) is 24.8 Å². The third-order valence-electron chi connectivity index (χ3n) is 3.35. The Morgan fingerprint density at radius 1 is 1.25 bits per heavy atom. The minimum atomic E-state index is 0.0612. The fourth-order valence-corrected chi connectivity index (χ4v) is 2.25. The second kappa shape index (κ2) is 5.28. The summed E-state index contributed by atoms with van der Waals surface area (Å²) in [6.45, 7) is 0.136. The van der Waals surface area contributed by atoms with Gasteiger partial charge in [-0.1, -0.05) is 36.8 Å². The number of aliphatic hydroxyl groups excluding tert-OH is 2. The van der Waals surface area contributed by atoms with E-state index < -0.39 is 0 Å². The van der Waals surface area contributed by atoms with E-state index in [1.54, 1.807) is 0 Å². The molecule has 1 aromatic rings. The van der Waals surface area contributed by atoms with Crippen molar-refractivity contribution >= 4 is 5.57 Å². The van der Waals surface area contributed by atoms with E-state index in [-0.39, 0.29) is 13.2 Å². The van der Waals surface area contributed by atoms with Crippen LogP contribution >= 0.6 is 0 Å². The highest BCUT2D eigenvalue weighted by Crippen LogP contribution is 2.39. The molecule has 0 aliphatic heterocycles. The van der Waals surface area contributed by atoms with Crippen LogP contribution in [0, 0.1) is 5.92 Å². The molecule has 2 rings (SSSR count). The van der Waals surface area contributed by atoms with Crippen LogP contribution < -0.4 is 0 Å². The van der Waals surface area contributed by atoms with Gasteiger partial charge in [0, 0.05) is 0 Å². The zero-order valence-corrected chi connectivity index (χ0v) is 9.39. The van der Waals surface area contributed by atoms with Gasteiger partial charge in [0.05, 0.1) is 13.2 Å². The smallest absolute Gasteiger partial charge is 0.0687 e. The molecule has 1 aliphatic rings. The van der Waals surface area contributed by atoms with Gasteiger partial charge in [0.25, 0.3) is 0 Å². The monoisotopic (exact) mass is 218 g/mol. The fourth-order valence-electron chi connectivity index (χ4n) is 2.25. The molecule has 2 nitrogen and oxygen atoms in total. The van der Waals surface area contributed by atoms with E-state index in [1.807, 2.05) is 30.3 Å². The first-order valence-electron chi connectivity index (χ1n) is 5.87. The highest BCUT2D eigenvalue weighted by atomic mass is 16.3. The SMILES string of the molecule is OCC=C(c1ccccc1CO)C1CCC1. The fraction of sp³-hybridized carbons (Fsp3) is 0.429. The number of hydrogen-bond donors (Lipinski definition) is 2. The Morgan fingerprint density at radius 3 is 2.56 bits per heavy atom. The molecule has 1 aromatic carbocycles. The standard InChI is InChI=1S/C14H18O2/c15-9-8-14(11-5-3-6-11)13-7-2-1-4-12(13)10-16/h1-2,4,7-8,11,15-16H,3,5-6,9-10H2. The third-order valence-corrected chi connectivity index (χ3v) is 3.35. The molecule has 2 heteroatoms. The Morgan fingerprint density at radius 2 is 2.00 bits per heavy atom. The van der Waals surface area contributed by atoms with Gasteiger partial charge in [0.2, 0.25) is 0 Å². The first-order valence-corrected chi connectivity index (χ1v) is 5.87. The summed E-state index contributed by atoms with van der Waals surface area (Å²) in [7, 11) is 0. The topological polar surface area (TPSA) is 40.5 Å². The van der Waals surface area contributed by atoms with Crippen LogP contribution in [0.3, 0.4) is 0 Å². The summed E-state index contributed by atoms with van der Waals surface area (Å²) in [4.78, 5) is 0. The van der Waals surface area contributed by atoms with Gasteiger partial charge in [-0.3, -0.25) is 0 Å². The highest BCUT2D eigenvalue weighted by molar-refractivity contribution is 5.70. The minimum Gasteiger partial charge on any atom is -0.392 e. The summed E-state index contributed by atoms with van der Waals surface area (Å²) >= 11 is 0. The van der Waals surface area contributed by atoms with Crippen molar-refractivity contribution in [1.29, 1.82) is 0 Å². The summed E-state index contributed by atoms with van der Waals surface area (Å²) < 4.78 is 0. The van der Waals surface area contributed by atoms with Gasteiger partial charge in [-0.05, 0) is 35.5 Å². The Bertz CT molecular complexity index is 378. The molecule has 1 aliphatic carbocycles. The average Bonchev–Trinajstić information content (AvgIpc) is 2.26. The van der Waals surface area contributed by atoms with Crippen molar-refractivity contribution < 1.29 is 10.2 Å². The second-order valence-electron chi connectivity index (χ2n) is 4.29. The maximum atomic E-state index is 9.32. The van der Waals surface area contributed by atoms with Crippen LogP contribution in [0.2, 0.25) is 0 Å². The molecule has 2 N–H and O–H groups in total. The van der Waals surface area contributed by atoms with Gasteiger partial charge in [0.15, 0.2) is 0 Å². The summed E-state index contributed by atoms with van der Waals surface area (Å²) in [6, 6.07) is 7.90. The van der Waals surface area contributed by atoms with Crippen molar-refractivity contribution in [1.82, 2.24) is 0 Å². The number of allylic oxidation sites excluding steroid dienone is 1. The van der Waals surface area contributed by atoms with Gasteiger partial charge in [-0.25, -0.2) is 0 Å². The minimum absolute atomic E-state index is 0.0612. The zero-order valence-electron chi connectivity index (χ0n) is 9.39. The lowest BCUT2D eigenvalue weighted by molar-refractivity contribution is 0.281. The molecule has 0 radical (unpaired) electrons. The molecule has 1 saturated carbocycles. The third kappa shape index (κ3) is 2.18. The Balaban J connectivity index is 2.34. The van der Waals surface area contributed by atoms with Crippen LogP contribution in [0.5, 0.6) is 0 Å². The predicted molar refractivity (Wildman–Crippen MR) is 64.8 cm³/mol. The second-order valence-corrected chi connectivity index (χ2v) is 4.29. The molecule has 1 fully saturated rings.